The predicted octanol–water partition coefficient (Wildman–Crippen LogP) is 4.11. The van der Waals surface area contributed by atoms with Crippen molar-refractivity contribution in [2.45, 2.75) is 6.54 Å². The molecule has 0 amide bonds. The summed E-state index contributed by atoms with van der Waals surface area (Å²) >= 11 is 6.02. The molecule has 3 nitrogen and oxygen atoms in total. The third-order valence-corrected chi connectivity index (χ3v) is 3.24. The number of halogens is 2. The SMILES string of the molecule is COc1ccc(NCc2cc(F)ccc2Cl)cc1OC. The van der Waals surface area contributed by atoms with Gasteiger partial charge in [-0.05, 0) is 35.9 Å². The molecule has 0 saturated carbocycles. The van der Waals surface area contributed by atoms with E-state index in [4.69, 9.17) is 21.1 Å². The monoisotopic (exact) mass is 295 g/mol. The van der Waals surface area contributed by atoms with Gasteiger partial charge < -0.3 is 14.8 Å². The summed E-state index contributed by atoms with van der Waals surface area (Å²) in [6.07, 6.45) is 0. The number of hydrogen-bond donors (Lipinski definition) is 1. The Labute approximate surface area is 122 Å². The third-order valence-electron chi connectivity index (χ3n) is 2.87. The summed E-state index contributed by atoms with van der Waals surface area (Å²) in [5.41, 5.74) is 1.53. The van der Waals surface area contributed by atoms with Gasteiger partial charge in [0, 0.05) is 23.3 Å². The van der Waals surface area contributed by atoms with E-state index in [0.717, 1.165) is 5.69 Å². The lowest BCUT2D eigenvalue weighted by molar-refractivity contribution is 0.355. The Bertz CT molecular complexity index is 604. The molecule has 0 aromatic heterocycles. The highest BCUT2D eigenvalue weighted by molar-refractivity contribution is 6.31. The number of benzene rings is 2. The Hall–Kier alpha value is -1.94. The predicted molar refractivity (Wildman–Crippen MR) is 78.3 cm³/mol. The van der Waals surface area contributed by atoms with Gasteiger partial charge in [-0.2, -0.15) is 0 Å². The second kappa shape index (κ2) is 6.48. The first-order chi connectivity index (χ1) is 9.63. The highest BCUT2D eigenvalue weighted by atomic mass is 35.5. The molecule has 20 heavy (non-hydrogen) atoms. The summed E-state index contributed by atoms with van der Waals surface area (Å²) in [5.74, 6) is 0.975. The number of methoxy groups -OCH3 is 2. The number of rotatable bonds is 5. The zero-order chi connectivity index (χ0) is 14.5. The van der Waals surface area contributed by atoms with Crippen LogP contribution < -0.4 is 14.8 Å². The van der Waals surface area contributed by atoms with Crippen molar-refractivity contribution in [2.24, 2.45) is 0 Å². The fourth-order valence-electron chi connectivity index (χ4n) is 1.82. The molecule has 0 spiro atoms. The zero-order valence-corrected chi connectivity index (χ0v) is 12.0. The summed E-state index contributed by atoms with van der Waals surface area (Å²) in [6.45, 7) is 0.423. The smallest absolute Gasteiger partial charge is 0.162 e. The number of anilines is 1. The lowest BCUT2D eigenvalue weighted by Gasteiger charge is -2.12. The Morgan fingerprint density at radius 2 is 1.80 bits per heavy atom. The fraction of sp³-hybridized carbons (Fsp3) is 0.200. The van der Waals surface area contributed by atoms with Crippen LogP contribution in [0.3, 0.4) is 0 Å². The number of ether oxygens (including phenoxy) is 2. The summed E-state index contributed by atoms with van der Waals surface area (Å²) in [6, 6.07) is 9.76. The molecule has 1 N–H and O–H groups in total. The molecular weight excluding hydrogens is 281 g/mol. The summed E-state index contributed by atoms with van der Waals surface area (Å²) in [7, 11) is 3.16. The van der Waals surface area contributed by atoms with Crippen molar-refractivity contribution >= 4 is 17.3 Å². The Balaban J connectivity index is 2.12. The molecule has 0 bridgehead atoms. The Morgan fingerprint density at radius 3 is 2.50 bits per heavy atom. The normalized spacial score (nSPS) is 10.2. The van der Waals surface area contributed by atoms with Crippen LogP contribution in [0.4, 0.5) is 10.1 Å². The van der Waals surface area contributed by atoms with Crippen LogP contribution in [0, 0.1) is 5.82 Å². The fourth-order valence-corrected chi connectivity index (χ4v) is 2.01. The largest absolute Gasteiger partial charge is 0.493 e. The van der Waals surface area contributed by atoms with Crippen LogP contribution in [0.5, 0.6) is 11.5 Å². The summed E-state index contributed by atoms with van der Waals surface area (Å²) in [5, 5.41) is 3.70. The van der Waals surface area contributed by atoms with Crippen LogP contribution >= 0.6 is 11.6 Å². The van der Waals surface area contributed by atoms with Gasteiger partial charge in [0.2, 0.25) is 0 Å². The zero-order valence-electron chi connectivity index (χ0n) is 11.2. The average molecular weight is 296 g/mol. The molecular formula is C15H15ClFNO2. The van der Waals surface area contributed by atoms with Crippen molar-refractivity contribution < 1.29 is 13.9 Å². The van der Waals surface area contributed by atoms with Crippen molar-refractivity contribution in [1.29, 1.82) is 0 Å². The van der Waals surface area contributed by atoms with Crippen molar-refractivity contribution in [2.75, 3.05) is 19.5 Å². The first-order valence-corrected chi connectivity index (χ1v) is 6.41. The standard InChI is InChI=1S/C15H15ClFNO2/c1-19-14-6-4-12(8-15(14)20-2)18-9-10-7-11(17)3-5-13(10)16/h3-8,18H,9H2,1-2H3. The van der Waals surface area contributed by atoms with E-state index < -0.39 is 0 Å². The molecule has 2 aromatic rings. The average Bonchev–Trinajstić information content (AvgIpc) is 2.47. The molecule has 5 heteroatoms. The molecule has 0 aliphatic rings. The second-order valence-corrected chi connectivity index (χ2v) is 4.57. The lowest BCUT2D eigenvalue weighted by Crippen LogP contribution is -2.01. The van der Waals surface area contributed by atoms with E-state index in [9.17, 15) is 4.39 Å². The van der Waals surface area contributed by atoms with Crippen LogP contribution in [0.25, 0.3) is 0 Å². The maximum atomic E-state index is 13.2. The van der Waals surface area contributed by atoms with Crippen molar-refractivity contribution in [3.63, 3.8) is 0 Å². The summed E-state index contributed by atoms with van der Waals surface area (Å²) < 4.78 is 23.6. The van der Waals surface area contributed by atoms with Crippen LogP contribution in [-0.2, 0) is 6.54 Å². The quantitative estimate of drug-likeness (QED) is 0.900. The van der Waals surface area contributed by atoms with Crippen LogP contribution in [0.2, 0.25) is 5.02 Å². The molecule has 106 valence electrons. The number of hydrogen-bond acceptors (Lipinski definition) is 3. The van der Waals surface area contributed by atoms with Crippen LogP contribution in [0.1, 0.15) is 5.56 Å². The van der Waals surface area contributed by atoms with E-state index >= 15 is 0 Å². The second-order valence-electron chi connectivity index (χ2n) is 4.16. The first-order valence-electron chi connectivity index (χ1n) is 6.04. The van der Waals surface area contributed by atoms with Gasteiger partial charge in [0.25, 0.3) is 0 Å². The number of nitrogens with one attached hydrogen (secondary N) is 1. The van der Waals surface area contributed by atoms with Gasteiger partial charge in [0.1, 0.15) is 5.82 Å². The molecule has 0 aliphatic heterocycles. The minimum Gasteiger partial charge on any atom is -0.493 e. The molecule has 0 saturated heterocycles. The van der Waals surface area contributed by atoms with E-state index in [1.165, 1.54) is 12.1 Å². The minimum atomic E-state index is -0.307. The van der Waals surface area contributed by atoms with E-state index in [2.05, 4.69) is 5.32 Å². The van der Waals surface area contributed by atoms with E-state index in [1.807, 2.05) is 12.1 Å². The third kappa shape index (κ3) is 3.33. The van der Waals surface area contributed by atoms with Crippen LogP contribution in [0.15, 0.2) is 36.4 Å². The molecule has 0 unspecified atom stereocenters. The van der Waals surface area contributed by atoms with Crippen molar-refractivity contribution in [1.82, 2.24) is 0 Å². The highest BCUT2D eigenvalue weighted by Gasteiger charge is 2.06. The summed E-state index contributed by atoms with van der Waals surface area (Å²) in [4.78, 5) is 0. The molecule has 0 atom stereocenters. The topological polar surface area (TPSA) is 30.5 Å². The van der Waals surface area contributed by atoms with Gasteiger partial charge >= 0.3 is 0 Å². The van der Waals surface area contributed by atoms with Gasteiger partial charge in [0.05, 0.1) is 14.2 Å². The molecule has 2 rings (SSSR count). The molecule has 0 fully saturated rings. The van der Waals surface area contributed by atoms with Gasteiger partial charge in [0.15, 0.2) is 11.5 Å². The van der Waals surface area contributed by atoms with Gasteiger partial charge in [-0.1, -0.05) is 11.6 Å². The molecule has 0 aliphatic carbocycles. The van der Waals surface area contributed by atoms with E-state index in [0.29, 0.717) is 28.6 Å². The Kier molecular flexibility index (Phi) is 4.69. The van der Waals surface area contributed by atoms with Crippen molar-refractivity contribution in [3.05, 3.63) is 52.8 Å². The maximum Gasteiger partial charge on any atom is 0.162 e. The molecule has 0 heterocycles. The minimum absolute atomic E-state index is 0.307. The van der Waals surface area contributed by atoms with Gasteiger partial charge in [-0.25, -0.2) is 4.39 Å². The maximum absolute atomic E-state index is 13.2. The highest BCUT2D eigenvalue weighted by Crippen LogP contribution is 2.30. The van der Waals surface area contributed by atoms with Gasteiger partial charge in [-0.3, -0.25) is 0 Å². The molecule has 0 radical (unpaired) electrons. The van der Waals surface area contributed by atoms with E-state index in [-0.39, 0.29) is 5.82 Å². The lowest BCUT2D eigenvalue weighted by atomic mass is 10.2. The first kappa shape index (κ1) is 14.5. The Morgan fingerprint density at radius 1 is 1.05 bits per heavy atom. The molecule has 2 aromatic carbocycles. The van der Waals surface area contributed by atoms with E-state index in [1.54, 1.807) is 26.4 Å². The van der Waals surface area contributed by atoms with Crippen LogP contribution in [-0.4, -0.2) is 14.2 Å². The van der Waals surface area contributed by atoms with Gasteiger partial charge in [-0.15, -0.1) is 0 Å². The van der Waals surface area contributed by atoms with Crippen molar-refractivity contribution in [3.8, 4) is 11.5 Å².